The number of carbonyl (C=O) groups is 1. The fourth-order valence-corrected chi connectivity index (χ4v) is 6.69. The minimum atomic E-state index is -1.30. The zero-order valence-electron chi connectivity index (χ0n) is 27.6. The van der Waals surface area contributed by atoms with Crippen molar-refractivity contribution in [2.24, 2.45) is 5.92 Å². The first-order valence-corrected chi connectivity index (χ1v) is 16.6. The van der Waals surface area contributed by atoms with Crippen LogP contribution in [-0.2, 0) is 9.53 Å². The number of aromatic nitrogens is 4. The normalized spacial score (nSPS) is 20.8. The van der Waals surface area contributed by atoms with Gasteiger partial charge < -0.3 is 24.4 Å². The number of pyridine rings is 2. The highest BCUT2D eigenvalue weighted by molar-refractivity contribution is 5.91. The zero-order chi connectivity index (χ0) is 34.6. The highest BCUT2D eigenvalue weighted by Crippen LogP contribution is 2.40. The van der Waals surface area contributed by atoms with E-state index < -0.39 is 29.5 Å². The maximum atomic E-state index is 16.4. The van der Waals surface area contributed by atoms with Gasteiger partial charge in [-0.1, -0.05) is 26.5 Å². The number of piperazine rings is 1. The lowest BCUT2D eigenvalue weighted by Gasteiger charge is -2.40. The second-order valence-electron chi connectivity index (χ2n) is 13.2. The third kappa shape index (κ3) is 5.95. The van der Waals surface area contributed by atoms with E-state index in [2.05, 4.69) is 21.5 Å². The molecule has 7 rings (SSSR count). The lowest BCUT2D eigenvalue weighted by molar-refractivity contribution is -0.126. The topological polar surface area (TPSA) is 123 Å². The summed E-state index contributed by atoms with van der Waals surface area (Å²) in [6.07, 6.45) is 2.61. The van der Waals surface area contributed by atoms with Crippen molar-refractivity contribution in [1.29, 1.82) is 0 Å². The second kappa shape index (κ2) is 12.9. The van der Waals surface area contributed by atoms with Crippen LogP contribution in [0, 0.1) is 17.6 Å². The highest BCUT2D eigenvalue weighted by Gasteiger charge is 2.35. The molecule has 4 aromatic rings. The monoisotopic (exact) mass is 672 g/mol. The van der Waals surface area contributed by atoms with Crippen molar-refractivity contribution in [3.63, 3.8) is 0 Å². The fourth-order valence-electron chi connectivity index (χ4n) is 6.69. The van der Waals surface area contributed by atoms with Crippen LogP contribution in [-0.4, -0.2) is 80.4 Å². The van der Waals surface area contributed by atoms with Crippen molar-refractivity contribution in [2.75, 3.05) is 37.7 Å². The zero-order valence-corrected chi connectivity index (χ0v) is 27.6. The van der Waals surface area contributed by atoms with Crippen molar-refractivity contribution >= 4 is 22.8 Å². The quantitative estimate of drug-likeness (QED) is 0.291. The van der Waals surface area contributed by atoms with Crippen LogP contribution in [0.2, 0.25) is 0 Å². The second-order valence-corrected chi connectivity index (χ2v) is 13.2. The molecule has 2 aliphatic heterocycles. The molecular weight excluding hydrogens is 634 g/mol. The number of amides is 1. The number of aliphatic hydroxyl groups excluding tert-OH is 1. The number of benzene rings is 1. The Bertz CT molecular complexity index is 2010. The molecule has 2 fully saturated rings. The molecule has 1 saturated carbocycles. The number of carbonyl (C=O) groups excluding carboxylic acids is 1. The molecule has 1 amide bonds. The van der Waals surface area contributed by atoms with E-state index in [9.17, 15) is 14.7 Å². The lowest BCUT2D eigenvalue weighted by atomic mass is 9.97. The molecular formula is C36H38F2N6O5. The Morgan fingerprint density at radius 2 is 1.98 bits per heavy atom. The molecule has 11 nitrogen and oxygen atoms in total. The molecule has 1 N–H and O–H groups in total. The Morgan fingerprint density at radius 1 is 1.18 bits per heavy atom. The van der Waals surface area contributed by atoms with E-state index in [1.54, 1.807) is 17.2 Å². The standard InChI is InChI=1S/C36H38F2N6O5/c1-5-28(45)42-13-14-43(20(4)16-42)34-23-15-25(38)31-29-24(37)7-6-8-26(29)49-18-27(48-17-21-9-10-21)33(46)22-11-12-39-30(19(2)3)32(22)44(35(23)40-31)36(47)41-34/h5-8,11-12,15,19-21,27,33,46H,1,9-10,13-14,16-18H2,2-4H3/t20-,27?,33?/m0/s1. The first-order valence-electron chi connectivity index (χ1n) is 16.6. The summed E-state index contributed by atoms with van der Waals surface area (Å²) in [6.45, 7) is 10.4. The molecule has 1 aromatic carbocycles. The first-order chi connectivity index (χ1) is 23.6. The molecule has 0 spiro atoms. The van der Waals surface area contributed by atoms with E-state index in [1.165, 1.54) is 34.9 Å². The summed E-state index contributed by atoms with van der Waals surface area (Å²) in [5, 5.41) is 12.2. The average Bonchev–Trinajstić information content (AvgIpc) is 3.91. The molecule has 2 bridgehead atoms. The van der Waals surface area contributed by atoms with E-state index in [1.807, 2.05) is 25.7 Å². The highest BCUT2D eigenvalue weighted by atomic mass is 19.1. The van der Waals surface area contributed by atoms with Crippen LogP contribution in [0.3, 0.4) is 0 Å². The van der Waals surface area contributed by atoms with Crippen LogP contribution < -0.4 is 15.3 Å². The van der Waals surface area contributed by atoms with Gasteiger partial charge >= 0.3 is 5.69 Å². The van der Waals surface area contributed by atoms with Gasteiger partial charge in [0.2, 0.25) is 5.91 Å². The predicted octanol–water partition coefficient (Wildman–Crippen LogP) is 4.69. The van der Waals surface area contributed by atoms with Crippen LogP contribution in [0.4, 0.5) is 14.6 Å². The Labute approximate surface area is 281 Å². The van der Waals surface area contributed by atoms with Crippen molar-refractivity contribution < 1.29 is 28.2 Å². The van der Waals surface area contributed by atoms with E-state index >= 15 is 8.78 Å². The maximum Gasteiger partial charge on any atom is 0.355 e. The fraction of sp³-hybridized carbons (Fsp3) is 0.417. The van der Waals surface area contributed by atoms with Gasteiger partial charge in [0.05, 0.1) is 28.9 Å². The summed E-state index contributed by atoms with van der Waals surface area (Å²) in [5.41, 5.74) is -0.282. The minimum Gasteiger partial charge on any atom is -0.490 e. The number of nitrogens with zero attached hydrogens (tertiary/aromatic N) is 6. The SMILES string of the molecule is C=CC(=O)N1CCN(c2nc(=O)n3c4nc(c(F)cc24)-c2c(F)cccc2OCC(OCC2CC2)C(O)c2ccnc(C(C)C)c2-3)[C@@H](C)C1. The average molecular weight is 673 g/mol. The molecule has 3 aromatic heterocycles. The van der Waals surface area contributed by atoms with Crippen molar-refractivity contribution in [3.05, 3.63) is 82.6 Å². The van der Waals surface area contributed by atoms with Crippen LogP contribution in [0.5, 0.6) is 5.75 Å². The number of aliphatic hydroxyl groups is 1. The molecule has 3 aliphatic rings. The van der Waals surface area contributed by atoms with Crippen molar-refractivity contribution in [3.8, 4) is 22.7 Å². The van der Waals surface area contributed by atoms with E-state index in [-0.39, 0.29) is 64.0 Å². The molecule has 1 aliphatic carbocycles. The number of halogens is 2. The van der Waals surface area contributed by atoms with Gasteiger partial charge in [-0.15, -0.1) is 0 Å². The molecule has 5 heterocycles. The van der Waals surface area contributed by atoms with Crippen LogP contribution in [0.25, 0.3) is 28.0 Å². The van der Waals surface area contributed by atoms with Gasteiger partial charge in [0.1, 0.15) is 41.9 Å². The van der Waals surface area contributed by atoms with Crippen molar-refractivity contribution in [1.82, 2.24) is 24.4 Å². The van der Waals surface area contributed by atoms with Gasteiger partial charge in [-0.2, -0.15) is 4.98 Å². The third-order valence-electron chi connectivity index (χ3n) is 9.47. The molecule has 0 radical (unpaired) electrons. The smallest absolute Gasteiger partial charge is 0.355 e. The largest absolute Gasteiger partial charge is 0.490 e. The number of hydrogen-bond donors (Lipinski definition) is 1. The molecule has 13 heteroatoms. The van der Waals surface area contributed by atoms with Crippen LogP contribution in [0.1, 0.15) is 56.9 Å². The number of rotatable bonds is 6. The summed E-state index contributed by atoms with van der Waals surface area (Å²) in [4.78, 5) is 44.1. The first kappa shape index (κ1) is 32.8. The van der Waals surface area contributed by atoms with Crippen LogP contribution in [0.15, 0.2) is 54.0 Å². The minimum absolute atomic E-state index is 0.00299. The summed E-state index contributed by atoms with van der Waals surface area (Å²) < 4.78 is 45.7. The molecule has 49 heavy (non-hydrogen) atoms. The van der Waals surface area contributed by atoms with Gasteiger partial charge in [-0.05, 0) is 61.9 Å². The number of hydrogen-bond acceptors (Lipinski definition) is 9. The van der Waals surface area contributed by atoms with Gasteiger partial charge in [-0.25, -0.2) is 23.1 Å². The lowest BCUT2D eigenvalue weighted by Crippen LogP contribution is -2.54. The summed E-state index contributed by atoms with van der Waals surface area (Å²) in [5.74, 6) is -1.53. The Kier molecular flexibility index (Phi) is 8.65. The van der Waals surface area contributed by atoms with Gasteiger partial charge in [0.25, 0.3) is 0 Å². The van der Waals surface area contributed by atoms with E-state index in [4.69, 9.17) is 9.47 Å². The van der Waals surface area contributed by atoms with Crippen LogP contribution >= 0.6 is 0 Å². The number of fused-ring (bicyclic) bond motifs is 5. The Balaban J connectivity index is 1.52. The van der Waals surface area contributed by atoms with Crippen molar-refractivity contribution in [2.45, 2.75) is 57.8 Å². The number of anilines is 1. The van der Waals surface area contributed by atoms with Gasteiger partial charge in [0, 0.05) is 37.4 Å². The van der Waals surface area contributed by atoms with E-state index in [0.29, 0.717) is 43.4 Å². The molecule has 3 atom stereocenters. The summed E-state index contributed by atoms with van der Waals surface area (Å²) in [6, 6.07) is 6.65. The van der Waals surface area contributed by atoms with E-state index in [0.717, 1.165) is 12.8 Å². The predicted molar refractivity (Wildman–Crippen MR) is 179 cm³/mol. The summed E-state index contributed by atoms with van der Waals surface area (Å²) >= 11 is 0. The Morgan fingerprint density at radius 3 is 2.69 bits per heavy atom. The molecule has 1 saturated heterocycles. The maximum absolute atomic E-state index is 16.4. The molecule has 256 valence electrons. The van der Waals surface area contributed by atoms with Gasteiger partial charge in [0.15, 0.2) is 11.5 Å². The summed E-state index contributed by atoms with van der Waals surface area (Å²) in [7, 11) is 0. The Hall–Kier alpha value is -4.75. The third-order valence-corrected chi connectivity index (χ3v) is 9.47. The number of ether oxygens (including phenoxy) is 2. The van der Waals surface area contributed by atoms with Gasteiger partial charge in [-0.3, -0.25) is 9.78 Å². The molecule has 2 unspecified atom stereocenters.